The van der Waals surface area contributed by atoms with E-state index in [1.54, 1.807) is 12.1 Å². The van der Waals surface area contributed by atoms with E-state index in [9.17, 15) is 31.1 Å². The third kappa shape index (κ3) is 9.57. The second kappa shape index (κ2) is 15.7. The van der Waals surface area contributed by atoms with Crippen LogP contribution in [0.2, 0.25) is 0 Å². The first-order valence-electron chi connectivity index (χ1n) is 15.6. The summed E-state index contributed by atoms with van der Waals surface area (Å²) < 4.78 is 99.5. The first kappa shape index (κ1) is 37.8. The second-order valence-electron chi connectivity index (χ2n) is 11.9. The molecule has 0 atom stereocenters. The second-order valence-corrected chi connectivity index (χ2v) is 11.9. The van der Waals surface area contributed by atoms with Crippen molar-refractivity contribution in [1.29, 1.82) is 0 Å². The molecule has 14 heteroatoms. The molecule has 0 radical (unpaired) electrons. The lowest BCUT2D eigenvalue weighted by atomic mass is 9.90. The minimum absolute atomic E-state index is 0.0126. The van der Waals surface area contributed by atoms with Gasteiger partial charge in [0.25, 0.3) is 0 Å². The molecule has 4 rings (SSSR count). The molecule has 0 unspecified atom stereocenters. The average Bonchev–Trinajstić information content (AvgIpc) is 3.05. The zero-order valence-electron chi connectivity index (χ0n) is 28.1. The molecule has 3 aromatic carbocycles. The Morgan fingerprint density at radius 2 is 1.48 bits per heavy atom. The van der Waals surface area contributed by atoms with Gasteiger partial charge in [0.1, 0.15) is 11.5 Å². The number of aryl methyl sites for hydroxylation is 1. The van der Waals surface area contributed by atoms with Crippen molar-refractivity contribution in [3.63, 3.8) is 0 Å². The number of carboxylic acids is 1. The zero-order chi connectivity index (χ0) is 36.8. The molecule has 0 bridgehead atoms. The summed E-state index contributed by atoms with van der Waals surface area (Å²) in [5.74, 6) is 0.396. The number of methoxy groups -OCH3 is 2. The van der Waals surface area contributed by atoms with Gasteiger partial charge in [-0.3, -0.25) is 4.79 Å². The lowest BCUT2D eigenvalue weighted by Crippen LogP contribution is -2.25. The Labute approximate surface area is 285 Å². The molecule has 0 aliphatic carbocycles. The number of alkyl halides is 6. The fraction of sp³-hybridized carbons (Fsp3) is 0.361. The zero-order valence-corrected chi connectivity index (χ0v) is 28.1. The van der Waals surface area contributed by atoms with Crippen LogP contribution in [0.4, 0.5) is 32.3 Å². The summed E-state index contributed by atoms with van der Waals surface area (Å²) >= 11 is 0. The molecule has 268 valence electrons. The predicted molar refractivity (Wildman–Crippen MR) is 175 cm³/mol. The van der Waals surface area contributed by atoms with Gasteiger partial charge in [-0.15, -0.1) is 0 Å². The van der Waals surface area contributed by atoms with Crippen LogP contribution in [-0.2, 0) is 30.2 Å². The molecular formula is C36H37F6N3O5. The Morgan fingerprint density at radius 3 is 2.02 bits per heavy atom. The van der Waals surface area contributed by atoms with Crippen molar-refractivity contribution < 1.29 is 50.5 Å². The van der Waals surface area contributed by atoms with Crippen molar-refractivity contribution in [3.05, 3.63) is 94.3 Å². The van der Waals surface area contributed by atoms with E-state index in [1.165, 1.54) is 31.5 Å². The van der Waals surface area contributed by atoms with Gasteiger partial charge in [0, 0.05) is 25.1 Å². The molecule has 50 heavy (non-hydrogen) atoms. The Kier molecular flexibility index (Phi) is 11.9. The largest absolute Gasteiger partial charge is 0.497 e. The number of anilines is 1. The highest BCUT2D eigenvalue weighted by Gasteiger charge is 2.37. The summed E-state index contributed by atoms with van der Waals surface area (Å²) in [4.78, 5) is 20.9. The molecular weight excluding hydrogens is 668 g/mol. The maximum atomic E-state index is 13.8. The highest BCUT2D eigenvalue weighted by molar-refractivity contribution is 5.76. The van der Waals surface area contributed by atoms with Gasteiger partial charge in [0.2, 0.25) is 5.95 Å². The number of benzene rings is 3. The lowest BCUT2D eigenvalue weighted by molar-refractivity contribution is -0.143. The first-order valence-corrected chi connectivity index (χ1v) is 15.6. The molecule has 0 saturated heterocycles. The van der Waals surface area contributed by atoms with Gasteiger partial charge >= 0.3 is 18.3 Å². The summed E-state index contributed by atoms with van der Waals surface area (Å²) in [6.07, 6.45) is -7.36. The Hall–Kier alpha value is -5.01. The number of rotatable bonds is 14. The van der Waals surface area contributed by atoms with Gasteiger partial charge in [-0.1, -0.05) is 19.9 Å². The van der Waals surface area contributed by atoms with Crippen LogP contribution in [0.5, 0.6) is 17.2 Å². The molecule has 1 aromatic heterocycles. The maximum absolute atomic E-state index is 13.8. The van der Waals surface area contributed by atoms with Crippen molar-refractivity contribution in [2.45, 2.75) is 65.0 Å². The van der Waals surface area contributed by atoms with E-state index in [0.717, 1.165) is 16.7 Å². The number of carbonyl (C=O) groups is 1. The number of carboxylic acid groups (broad SMARTS) is 1. The minimum Gasteiger partial charge on any atom is -0.497 e. The van der Waals surface area contributed by atoms with E-state index in [4.69, 9.17) is 19.3 Å². The van der Waals surface area contributed by atoms with Crippen molar-refractivity contribution in [2.75, 3.05) is 25.7 Å². The number of hydrogen-bond donors (Lipinski definition) is 1. The van der Waals surface area contributed by atoms with Crippen LogP contribution < -0.4 is 19.1 Å². The monoisotopic (exact) mass is 705 g/mol. The Bertz CT molecular complexity index is 1760. The van der Waals surface area contributed by atoms with Gasteiger partial charge in [-0.2, -0.15) is 26.3 Å². The van der Waals surface area contributed by atoms with Crippen molar-refractivity contribution >= 4 is 11.9 Å². The number of aliphatic carboxylic acids is 1. The number of hydrogen-bond acceptors (Lipinski definition) is 7. The van der Waals surface area contributed by atoms with Crippen LogP contribution in [-0.4, -0.2) is 41.9 Å². The molecule has 1 heterocycles. The first-order chi connectivity index (χ1) is 23.5. The van der Waals surface area contributed by atoms with Crippen LogP contribution in [0.25, 0.3) is 11.1 Å². The van der Waals surface area contributed by atoms with Crippen molar-refractivity contribution in [3.8, 4) is 28.4 Å². The highest BCUT2D eigenvalue weighted by atomic mass is 19.4. The number of halogens is 6. The van der Waals surface area contributed by atoms with Crippen LogP contribution in [0.15, 0.2) is 60.9 Å². The van der Waals surface area contributed by atoms with E-state index in [1.807, 2.05) is 25.1 Å². The van der Waals surface area contributed by atoms with Gasteiger partial charge < -0.3 is 24.2 Å². The van der Waals surface area contributed by atoms with Gasteiger partial charge in [0.05, 0.1) is 44.3 Å². The quantitative estimate of drug-likeness (QED) is 0.103. The summed E-state index contributed by atoms with van der Waals surface area (Å²) in [5, 5.41) is 8.85. The topological polar surface area (TPSA) is 94.0 Å². The van der Waals surface area contributed by atoms with E-state index < -0.39 is 36.0 Å². The molecule has 0 amide bonds. The summed E-state index contributed by atoms with van der Waals surface area (Å²) in [5.41, 5.74) is 0.927. The molecule has 0 aliphatic heterocycles. The number of aromatic nitrogens is 2. The van der Waals surface area contributed by atoms with Gasteiger partial charge in [-0.05, 0) is 89.5 Å². The summed E-state index contributed by atoms with van der Waals surface area (Å²) in [6.45, 7) is 5.63. The fourth-order valence-electron chi connectivity index (χ4n) is 5.48. The number of nitrogens with zero attached hydrogens (tertiary/aromatic N) is 3. The Morgan fingerprint density at radius 1 is 0.840 bits per heavy atom. The number of ether oxygens (including phenoxy) is 3. The van der Waals surface area contributed by atoms with Crippen molar-refractivity contribution in [2.24, 2.45) is 0 Å². The SMILES string of the molecule is COc1ccc(-c2cc(C(C)C)c(C)cc2OC)c(CN(Cc2cc(C(F)(F)F)cc(C(F)(F)F)c2)c2ncc(OCCCC(=O)O)cn2)c1. The van der Waals surface area contributed by atoms with Crippen LogP contribution in [0, 0.1) is 6.92 Å². The Balaban J connectivity index is 1.84. The normalized spacial score (nSPS) is 11.8. The molecule has 1 N–H and O–H groups in total. The summed E-state index contributed by atoms with van der Waals surface area (Å²) in [6, 6.07) is 10.6. The molecule has 4 aromatic rings. The van der Waals surface area contributed by atoms with Gasteiger partial charge in [-0.25, -0.2) is 9.97 Å². The average molecular weight is 706 g/mol. The van der Waals surface area contributed by atoms with E-state index in [-0.39, 0.29) is 55.2 Å². The fourth-order valence-corrected chi connectivity index (χ4v) is 5.48. The smallest absolute Gasteiger partial charge is 0.416 e. The van der Waals surface area contributed by atoms with E-state index in [0.29, 0.717) is 34.8 Å². The lowest BCUT2D eigenvalue weighted by Gasteiger charge is -2.26. The van der Waals surface area contributed by atoms with E-state index in [2.05, 4.69) is 23.8 Å². The minimum atomic E-state index is -5.03. The van der Waals surface area contributed by atoms with Crippen molar-refractivity contribution in [1.82, 2.24) is 9.97 Å². The highest BCUT2D eigenvalue weighted by Crippen LogP contribution is 2.40. The van der Waals surface area contributed by atoms with Gasteiger partial charge in [0.15, 0.2) is 5.75 Å². The molecule has 0 spiro atoms. The molecule has 8 nitrogen and oxygen atoms in total. The third-order valence-corrected chi connectivity index (χ3v) is 7.90. The maximum Gasteiger partial charge on any atom is 0.416 e. The molecule has 0 fully saturated rings. The predicted octanol–water partition coefficient (Wildman–Crippen LogP) is 9.08. The molecule has 0 aliphatic rings. The summed E-state index contributed by atoms with van der Waals surface area (Å²) in [7, 11) is 3.01. The standard InChI is InChI=1S/C36H37F6N3O5/c1-21(2)30-16-31(32(49-5)11-22(30)3)29-9-8-27(48-4)14-24(29)20-45(34-43-17-28(18-44-34)50-10-6-7-33(46)47)19-23-12-25(35(37,38)39)15-26(13-23)36(40,41)42/h8-9,11-18,21H,6-7,10,19-20H2,1-5H3,(H,46,47). The van der Waals surface area contributed by atoms with Crippen LogP contribution in [0.1, 0.15) is 66.0 Å². The molecule has 0 saturated carbocycles. The van der Waals surface area contributed by atoms with E-state index >= 15 is 0 Å². The third-order valence-electron chi connectivity index (χ3n) is 7.90. The van der Waals surface area contributed by atoms with Crippen LogP contribution in [0.3, 0.4) is 0 Å². The van der Waals surface area contributed by atoms with Crippen LogP contribution >= 0.6 is 0 Å².